The third kappa shape index (κ3) is 8.40. The van der Waals surface area contributed by atoms with Gasteiger partial charge >= 0.3 is 6.16 Å². The lowest BCUT2D eigenvalue weighted by Gasteiger charge is -2.16. The van der Waals surface area contributed by atoms with Gasteiger partial charge in [-0.3, -0.25) is 0 Å². The second-order valence-corrected chi connectivity index (χ2v) is 10.2. The van der Waals surface area contributed by atoms with Crippen LogP contribution in [0.3, 0.4) is 0 Å². The van der Waals surface area contributed by atoms with Crippen molar-refractivity contribution in [1.29, 1.82) is 0 Å². The topological polar surface area (TPSA) is 78.9 Å². The summed E-state index contributed by atoms with van der Waals surface area (Å²) in [5.74, 6) is -0.355. The highest BCUT2D eigenvalue weighted by atomic mass is 32.2. The van der Waals surface area contributed by atoms with Crippen LogP contribution in [-0.4, -0.2) is 42.4 Å². The van der Waals surface area contributed by atoms with E-state index in [2.05, 4.69) is 9.47 Å². The van der Waals surface area contributed by atoms with Gasteiger partial charge in [-0.25, -0.2) is 13.2 Å². The van der Waals surface area contributed by atoms with E-state index in [-0.39, 0.29) is 12.4 Å². The van der Waals surface area contributed by atoms with Gasteiger partial charge in [0.2, 0.25) is 8.32 Å². The molecule has 0 aliphatic carbocycles. The molecule has 8 heteroatoms. The number of carbonyl (C=O) groups is 1. The van der Waals surface area contributed by atoms with Crippen molar-refractivity contribution >= 4 is 24.6 Å². The molecule has 0 spiro atoms. The first-order valence-electron chi connectivity index (χ1n) is 4.30. The van der Waals surface area contributed by atoms with Crippen LogP contribution >= 0.6 is 0 Å². The Morgan fingerprint density at radius 3 is 2.20 bits per heavy atom. The summed E-state index contributed by atoms with van der Waals surface area (Å²) in [4.78, 5) is 10.5. The quantitative estimate of drug-likeness (QED) is 0.538. The minimum absolute atomic E-state index is 0.264. The van der Waals surface area contributed by atoms with Crippen molar-refractivity contribution in [1.82, 2.24) is 0 Å². The predicted octanol–water partition coefficient (Wildman–Crippen LogP) is 0.951. The summed E-state index contributed by atoms with van der Waals surface area (Å²) in [5, 5.41) is 0. The predicted molar refractivity (Wildman–Crippen MR) is 56.6 cm³/mol. The fraction of sp³-hybridized carbons (Fsp3) is 0.857. The molecule has 15 heavy (non-hydrogen) atoms. The van der Waals surface area contributed by atoms with Crippen LogP contribution in [0.4, 0.5) is 4.79 Å². The van der Waals surface area contributed by atoms with Crippen LogP contribution in [0.2, 0.25) is 19.6 Å². The highest BCUT2D eigenvalue weighted by molar-refractivity contribution is 7.87. The molecule has 6 nitrogen and oxygen atoms in total. The molecular weight excluding hydrogens is 240 g/mol. The Labute approximate surface area is 90.8 Å². The Hall–Kier alpha value is -0.603. The first-order valence-corrected chi connectivity index (χ1v) is 9.29. The van der Waals surface area contributed by atoms with Crippen molar-refractivity contribution in [2.45, 2.75) is 19.6 Å². The van der Waals surface area contributed by atoms with Gasteiger partial charge in [-0.15, -0.1) is 0 Å². The second-order valence-electron chi connectivity index (χ2n) is 3.76. The summed E-state index contributed by atoms with van der Waals surface area (Å²) in [7, 11) is -4.60. The molecular formula is C7H16O6SSi. The van der Waals surface area contributed by atoms with Gasteiger partial charge in [0, 0.05) is 0 Å². The van der Waals surface area contributed by atoms with E-state index in [0.717, 1.165) is 7.11 Å². The molecule has 0 aliphatic rings. The van der Waals surface area contributed by atoms with Crippen molar-refractivity contribution < 1.29 is 26.6 Å². The van der Waals surface area contributed by atoms with E-state index >= 15 is 0 Å². The van der Waals surface area contributed by atoms with Crippen LogP contribution in [0.1, 0.15) is 0 Å². The standard InChI is InChI=1S/C7H16O6SSi/c1-11-7(8)12-5-6-14(9,10)13-15(2,3)4/h5-6H2,1-4H3. The summed E-state index contributed by atoms with van der Waals surface area (Å²) >= 11 is 0. The Morgan fingerprint density at radius 1 is 1.27 bits per heavy atom. The van der Waals surface area contributed by atoms with E-state index in [1.165, 1.54) is 0 Å². The molecule has 0 unspecified atom stereocenters. The fourth-order valence-corrected chi connectivity index (χ4v) is 4.38. The number of methoxy groups -OCH3 is 1. The Balaban J connectivity index is 4.01. The molecule has 0 radical (unpaired) electrons. The van der Waals surface area contributed by atoms with Gasteiger partial charge in [0.05, 0.1) is 7.11 Å². The zero-order valence-corrected chi connectivity index (χ0v) is 11.1. The van der Waals surface area contributed by atoms with E-state index < -0.39 is 24.6 Å². The van der Waals surface area contributed by atoms with Crippen LogP contribution in [0.5, 0.6) is 0 Å². The normalized spacial score (nSPS) is 12.3. The number of ether oxygens (including phenoxy) is 2. The third-order valence-electron chi connectivity index (χ3n) is 1.10. The summed E-state index contributed by atoms with van der Waals surface area (Å²) < 4.78 is 36.1. The number of hydrogen-bond donors (Lipinski definition) is 0. The van der Waals surface area contributed by atoms with Gasteiger partial charge in [-0.1, -0.05) is 0 Å². The first-order chi connectivity index (χ1) is 6.66. The molecule has 0 aromatic rings. The van der Waals surface area contributed by atoms with E-state index in [0.29, 0.717) is 0 Å². The van der Waals surface area contributed by atoms with Crippen molar-refractivity contribution in [2.24, 2.45) is 0 Å². The van der Waals surface area contributed by atoms with Gasteiger partial charge < -0.3 is 13.3 Å². The Kier molecular flexibility index (Phi) is 5.25. The van der Waals surface area contributed by atoms with E-state index in [9.17, 15) is 13.2 Å². The fourth-order valence-electron chi connectivity index (χ4n) is 0.709. The summed E-state index contributed by atoms with van der Waals surface area (Å²) in [6.07, 6.45) is -0.904. The average Bonchev–Trinajstić information content (AvgIpc) is 1.98. The lowest BCUT2D eigenvalue weighted by Crippen LogP contribution is -2.31. The highest BCUT2D eigenvalue weighted by Gasteiger charge is 2.24. The van der Waals surface area contributed by atoms with Gasteiger partial charge in [-0.05, 0) is 19.6 Å². The molecule has 0 aromatic carbocycles. The SMILES string of the molecule is COC(=O)OCCS(=O)(=O)O[Si](C)(C)C. The third-order valence-corrected chi connectivity index (χ3v) is 4.78. The van der Waals surface area contributed by atoms with E-state index in [1.54, 1.807) is 19.6 Å². The highest BCUT2D eigenvalue weighted by Crippen LogP contribution is 2.08. The smallest absolute Gasteiger partial charge is 0.438 e. The van der Waals surface area contributed by atoms with Crippen LogP contribution in [0.15, 0.2) is 0 Å². The second kappa shape index (κ2) is 5.47. The molecule has 0 saturated carbocycles. The van der Waals surface area contributed by atoms with Crippen LogP contribution < -0.4 is 0 Å². The maximum absolute atomic E-state index is 11.3. The zero-order chi connectivity index (χ0) is 12.1. The molecule has 0 amide bonds. The molecule has 0 saturated heterocycles. The summed E-state index contributed by atoms with van der Waals surface area (Å²) in [6.45, 7) is 5.00. The maximum atomic E-state index is 11.3. The maximum Gasteiger partial charge on any atom is 0.508 e. The number of rotatable bonds is 5. The molecule has 90 valence electrons. The molecule has 0 bridgehead atoms. The van der Waals surface area contributed by atoms with Gasteiger partial charge in [-0.2, -0.15) is 0 Å². The van der Waals surface area contributed by atoms with E-state index in [4.69, 9.17) is 3.87 Å². The van der Waals surface area contributed by atoms with Gasteiger partial charge in [0.15, 0.2) is 0 Å². The number of carbonyl (C=O) groups excluding carboxylic acids is 1. The van der Waals surface area contributed by atoms with Crippen molar-refractivity contribution in [3.63, 3.8) is 0 Å². The van der Waals surface area contributed by atoms with Crippen molar-refractivity contribution in [3.8, 4) is 0 Å². The number of hydrogen-bond acceptors (Lipinski definition) is 6. The summed E-state index contributed by atoms with van der Waals surface area (Å²) in [5.41, 5.74) is 0. The first kappa shape index (κ1) is 14.4. The monoisotopic (exact) mass is 256 g/mol. The Bertz CT molecular complexity index is 304. The molecule has 0 aliphatic heterocycles. The van der Waals surface area contributed by atoms with Crippen LogP contribution in [0.25, 0.3) is 0 Å². The van der Waals surface area contributed by atoms with Crippen molar-refractivity contribution in [2.75, 3.05) is 19.5 Å². The zero-order valence-electron chi connectivity index (χ0n) is 9.27. The average molecular weight is 256 g/mol. The lowest BCUT2D eigenvalue weighted by atomic mass is 10.9. The summed E-state index contributed by atoms with van der Waals surface area (Å²) in [6, 6.07) is 0. The Morgan fingerprint density at radius 2 is 1.80 bits per heavy atom. The van der Waals surface area contributed by atoms with Gasteiger partial charge in [0.1, 0.15) is 12.4 Å². The lowest BCUT2D eigenvalue weighted by molar-refractivity contribution is 0.0774. The molecule has 0 rings (SSSR count). The molecule has 0 N–H and O–H groups in total. The minimum atomic E-state index is -3.61. The minimum Gasteiger partial charge on any atom is -0.438 e. The van der Waals surface area contributed by atoms with Crippen molar-refractivity contribution in [3.05, 3.63) is 0 Å². The van der Waals surface area contributed by atoms with Gasteiger partial charge in [0.25, 0.3) is 10.1 Å². The largest absolute Gasteiger partial charge is 0.508 e. The molecule has 0 atom stereocenters. The molecule has 0 aromatic heterocycles. The van der Waals surface area contributed by atoms with E-state index in [1.807, 2.05) is 0 Å². The van der Waals surface area contributed by atoms with Crippen LogP contribution in [-0.2, 0) is 23.5 Å². The molecule has 0 heterocycles. The van der Waals surface area contributed by atoms with Crippen LogP contribution in [0, 0.1) is 0 Å². The molecule has 0 fully saturated rings.